The number of aryl methyl sites for hydroxylation is 1. The van der Waals surface area contributed by atoms with Crippen LogP contribution in [-0.4, -0.2) is 46.3 Å². The van der Waals surface area contributed by atoms with E-state index in [9.17, 15) is 32.6 Å². The highest BCUT2D eigenvalue weighted by Gasteiger charge is 2.21. The number of carboxylic acids is 1. The zero-order valence-electron chi connectivity index (χ0n) is 16.7. The second-order valence-electron chi connectivity index (χ2n) is 7.19. The van der Waals surface area contributed by atoms with Crippen LogP contribution in [0.3, 0.4) is 0 Å². The van der Waals surface area contributed by atoms with Crippen LogP contribution in [0.15, 0.2) is 35.3 Å². The maximum Gasteiger partial charge on any atom is 0.345 e. The van der Waals surface area contributed by atoms with Crippen molar-refractivity contribution in [2.75, 3.05) is 12.1 Å². The molecular weight excluding hydrogens is 429 g/mol. The van der Waals surface area contributed by atoms with Gasteiger partial charge in [-0.25, -0.2) is 17.6 Å². The molecule has 0 atom stereocenters. The third-order valence-corrected chi connectivity index (χ3v) is 5.45. The van der Waals surface area contributed by atoms with Crippen LogP contribution in [0, 0.1) is 5.82 Å². The number of sulfone groups is 1. The lowest BCUT2D eigenvalue weighted by atomic mass is 10.00. The molecule has 164 valence electrons. The molecule has 9 nitrogen and oxygen atoms in total. The highest BCUT2D eigenvalue weighted by Crippen LogP contribution is 2.26. The first-order valence-electron chi connectivity index (χ1n) is 9.07. The van der Waals surface area contributed by atoms with Gasteiger partial charge in [0.2, 0.25) is 0 Å². The standard InChI is InChI=1S/C20H20FN3O6S/c1-24-15-6-11(8-23-17(15)18(25)16(19(24)26)20(27)28)5-12-3-4-14(21)7-13(12)9-22-10-31(2,29)30/h3-4,6-8,22,25H,5,9-10H2,1-2H3,(H,27,28). The van der Waals surface area contributed by atoms with Crippen molar-refractivity contribution in [1.29, 1.82) is 0 Å². The number of aromatic nitrogens is 2. The van der Waals surface area contributed by atoms with Gasteiger partial charge >= 0.3 is 5.97 Å². The third-order valence-electron chi connectivity index (χ3n) is 4.72. The molecule has 0 saturated heterocycles. The monoisotopic (exact) mass is 449 g/mol. The Morgan fingerprint density at radius 1 is 1.26 bits per heavy atom. The molecular formula is C20H20FN3O6S. The van der Waals surface area contributed by atoms with E-state index in [2.05, 4.69) is 10.3 Å². The number of benzene rings is 1. The molecule has 11 heteroatoms. The minimum absolute atomic E-state index is 0.0302. The summed E-state index contributed by atoms with van der Waals surface area (Å²) in [6.07, 6.45) is 2.80. The number of carbonyl (C=O) groups is 1. The van der Waals surface area contributed by atoms with E-state index in [0.29, 0.717) is 16.7 Å². The number of aromatic hydroxyl groups is 1. The minimum Gasteiger partial charge on any atom is -0.505 e. The third kappa shape index (κ3) is 4.89. The van der Waals surface area contributed by atoms with Crippen LogP contribution < -0.4 is 10.9 Å². The van der Waals surface area contributed by atoms with Gasteiger partial charge in [-0.1, -0.05) is 6.07 Å². The highest BCUT2D eigenvalue weighted by atomic mass is 32.2. The molecule has 0 unspecified atom stereocenters. The van der Waals surface area contributed by atoms with Crippen molar-refractivity contribution in [2.45, 2.75) is 13.0 Å². The SMILES string of the molecule is Cn1c(=O)c(C(=O)O)c(O)c2ncc(Cc3ccc(F)cc3CNCS(C)(=O)=O)cc21. The van der Waals surface area contributed by atoms with Crippen molar-refractivity contribution in [3.63, 3.8) is 0 Å². The van der Waals surface area contributed by atoms with Gasteiger partial charge in [0.15, 0.2) is 21.2 Å². The number of fused-ring (bicyclic) bond motifs is 1. The highest BCUT2D eigenvalue weighted by molar-refractivity contribution is 7.90. The molecule has 0 aliphatic rings. The molecule has 3 aromatic rings. The normalized spacial score (nSPS) is 11.7. The maximum absolute atomic E-state index is 13.7. The van der Waals surface area contributed by atoms with E-state index in [0.717, 1.165) is 10.8 Å². The van der Waals surface area contributed by atoms with Gasteiger partial charge in [-0.3, -0.25) is 15.1 Å². The molecule has 3 N–H and O–H groups in total. The van der Waals surface area contributed by atoms with Gasteiger partial charge in [-0.2, -0.15) is 0 Å². The molecule has 2 heterocycles. The first kappa shape index (κ1) is 22.4. The van der Waals surface area contributed by atoms with Gasteiger partial charge in [0.1, 0.15) is 11.3 Å². The predicted octanol–water partition coefficient (Wildman–Crippen LogP) is 1.16. The van der Waals surface area contributed by atoms with Gasteiger partial charge in [-0.05, 0) is 41.3 Å². The summed E-state index contributed by atoms with van der Waals surface area (Å²) in [5.41, 5.74) is 0.473. The lowest BCUT2D eigenvalue weighted by Gasteiger charge is -2.13. The van der Waals surface area contributed by atoms with Crippen molar-refractivity contribution in [2.24, 2.45) is 7.05 Å². The van der Waals surface area contributed by atoms with E-state index in [1.165, 1.54) is 25.4 Å². The second-order valence-corrected chi connectivity index (χ2v) is 9.33. The van der Waals surface area contributed by atoms with Crippen LogP contribution in [0.4, 0.5) is 4.39 Å². The topological polar surface area (TPSA) is 139 Å². The van der Waals surface area contributed by atoms with Gasteiger partial charge in [-0.15, -0.1) is 0 Å². The van der Waals surface area contributed by atoms with Crippen LogP contribution in [0.1, 0.15) is 27.0 Å². The summed E-state index contributed by atoms with van der Waals surface area (Å²) in [5.74, 6) is -2.98. The summed E-state index contributed by atoms with van der Waals surface area (Å²) in [7, 11) is -1.86. The van der Waals surface area contributed by atoms with E-state index in [4.69, 9.17) is 0 Å². The summed E-state index contributed by atoms with van der Waals surface area (Å²) in [6, 6.07) is 5.75. The van der Waals surface area contributed by atoms with Gasteiger partial charge < -0.3 is 14.8 Å². The first-order chi connectivity index (χ1) is 14.5. The molecule has 0 fully saturated rings. The Labute approximate surface area is 176 Å². The predicted molar refractivity (Wildman–Crippen MR) is 111 cm³/mol. The zero-order chi connectivity index (χ0) is 22.9. The van der Waals surface area contributed by atoms with E-state index in [1.807, 2.05) is 0 Å². The van der Waals surface area contributed by atoms with Gasteiger partial charge in [0.05, 0.1) is 11.4 Å². The molecule has 0 amide bonds. The maximum atomic E-state index is 13.7. The molecule has 0 saturated carbocycles. The Kier molecular flexibility index (Phi) is 6.09. The number of rotatable bonds is 7. The molecule has 1 aromatic carbocycles. The fourth-order valence-electron chi connectivity index (χ4n) is 3.24. The van der Waals surface area contributed by atoms with Crippen LogP contribution in [0.2, 0.25) is 0 Å². The molecule has 0 spiro atoms. The van der Waals surface area contributed by atoms with E-state index in [1.54, 1.807) is 12.1 Å². The number of nitrogens with zero attached hydrogens (tertiary/aromatic N) is 2. The van der Waals surface area contributed by atoms with Crippen molar-refractivity contribution < 1.29 is 27.8 Å². The quantitative estimate of drug-likeness (QED) is 0.488. The molecule has 2 aromatic heterocycles. The minimum atomic E-state index is -3.24. The number of carboxylic acid groups (broad SMARTS) is 1. The molecule has 31 heavy (non-hydrogen) atoms. The Morgan fingerprint density at radius 2 is 1.97 bits per heavy atom. The molecule has 3 rings (SSSR count). The van der Waals surface area contributed by atoms with Crippen LogP contribution in [0.5, 0.6) is 5.75 Å². The largest absolute Gasteiger partial charge is 0.505 e. The van der Waals surface area contributed by atoms with Gasteiger partial charge in [0.25, 0.3) is 5.56 Å². The lowest BCUT2D eigenvalue weighted by Crippen LogP contribution is -2.25. The fourth-order valence-corrected chi connectivity index (χ4v) is 3.71. The first-order valence-corrected chi connectivity index (χ1v) is 11.1. The van der Waals surface area contributed by atoms with Gasteiger partial charge in [0, 0.05) is 26.0 Å². The van der Waals surface area contributed by atoms with Crippen molar-refractivity contribution in [3.05, 3.63) is 68.9 Å². The number of aromatic carboxylic acids is 1. The number of pyridine rings is 2. The Morgan fingerprint density at radius 3 is 2.61 bits per heavy atom. The fraction of sp³-hybridized carbons (Fsp3) is 0.250. The zero-order valence-corrected chi connectivity index (χ0v) is 17.5. The summed E-state index contributed by atoms with van der Waals surface area (Å²) in [5, 5.41) is 22.1. The van der Waals surface area contributed by atoms with E-state index >= 15 is 0 Å². The Hall–Kier alpha value is -3.31. The number of halogens is 1. The lowest BCUT2D eigenvalue weighted by molar-refractivity contribution is 0.0691. The average molecular weight is 449 g/mol. The Balaban J connectivity index is 1.99. The van der Waals surface area contributed by atoms with Crippen LogP contribution in [-0.2, 0) is 29.9 Å². The smallest absolute Gasteiger partial charge is 0.345 e. The summed E-state index contributed by atoms with van der Waals surface area (Å²) < 4.78 is 37.4. The van der Waals surface area contributed by atoms with Crippen LogP contribution in [0.25, 0.3) is 11.0 Å². The molecule has 0 radical (unpaired) electrons. The molecule has 0 bridgehead atoms. The number of hydrogen-bond acceptors (Lipinski definition) is 7. The van der Waals surface area contributed by atoms with Crippen molar-refractivity contribution in [1.82, 2.24) is 14.9 Å². The summed E-state index contributed by atoms with van der Waals surface area (Å²) >= 11 is 0. The Bertz CT molecular complexity index is 1350. The number of hydrogen-bond donors (Lipinski definition) is 3. The van der Waals surface area contributed by atoms with E-state index in [-0.39, 0.29) is 29.9 Å². The number of nitrogens with one attached hydrogen (secondary N) is 1. The summed E-state index contributed by atoms with van der Waals surface area (Å²) in [4.78, 5) is 27.7. The van der Waals surface area contributed by atoms with E-state index < -0.39 is 38.5 Å². The second kappa shape index (κ2) is 8.44. The molecule has 0 aliphatic carbocycles. The van der Waals surface area contributed by atoms with Crippen LogP contribution >= 0.6 is 0 Å². The molecule has 0 aliphatic heterocycles. The average Bonchev–Trinajstić information content (AvgIpc) is 2.67. The summed E-state index contributed by atoms with van der Waals surface area (Å²) in [6.45, 7) is 0.127. The van der Waals surface area contributed by atoms with Crippen molar-refractivity contribution >= 4 is 26.8 Å². The van der Waals surface area contributed by atoms with Crippen molar-refractivity contribution in [3.8, 4) is 5.75 Å².